The summed E-state index contributed by atoms with van der Waals surface area (Å²) in [6.45, 7) is 4.53. The molecule has 0 fully saturated rings. The van der Waals surface area contributed by atoms with E-state index in [4.69, 9.17) is 15.4 Å². The van der Waals surface area contributed by atoms with Crippen LogP contribution in [0.5, 0.6) is 5.75 Å². The fourth-order valence-electron chi connectivity index (χ4n) is 1.99. The van der Waals surface area contributed by atoms with Crippen LogP contribution in [-0.2, 0) is 9.05 Å². The summed E-state index contributed by atoms with van der Waals surface area (Å²) in [4.78, 5) is 0.0603. The van der Waals surface area contributed by atoms with Crippen LogP contribution >= 0.6 is 10.7 Å². The molecule has 5 heteroatoms. The van der Waals surface area contributed by atoms with Gasteiger partial charge in [-0.25, -0.2) is 8.42 Å². The summed E-state index contributed by atoms with van der Waals surface area (Å²) >= 11 is 0. The molecule has 114 valence electrons. The largest absolute Gasteiger partial charge is 0.492 e. The van der Waals surface area contributed by atoms with E-state index in [9.17, 15) is 8.42 Å². The van der Waals surface area contributed by atoms with Crippen molar-refractivity contribution >= 4 is 19.7 Å². The molecule has 0 aliphatic heterocycles. The van der Waals surface area contributed by atoms with Gasteiger partial charge >= 0.3 is 0 Å². The summed E-state index contributed by atoms with van der Waals surface area (Å²) < 4.78 is 28.6. The van der Waals surface area contributed by atoms with Crippen LogP contribution in [0.1, 0.15) is 51.0 Å². The van der Waals surface area contributed by atoms with Crippen LogP contribution in [0, 0.1) is 6.92 Å². The highest BCUT2D eigenvalue weighted by Crippen LogP contribution is 2.28. The molecule has 3 nitrogen and oxygen atoms in total. The van der Waals surface area contributed by atoms with Gasteiger partial charge in [-0.1, -0.05) is 45.1 Å². The predicted molar refractivity (Wildman–Crippen MR) is 83.1 cm³/mol. The van der Waals surface area contributed by atoms with Gasteiger partial charge < -0.3 is 4.74 Å². The zero-order valence-electron chi connectivity index (χ0n) is 12.2. The molecule has 20 heavy (non-hydrogen) atoms. The molecule has 0 unspecified atom stereocenters. The van der Waals surface area contributed by atoms with E-state index < -0.39 is 9.05 Å². The number of unbranched alkanes of at least 4 members (excludes halogenated alkanes) is 5. The van der Waals surface area contributed by atoms with Gasteiger partial charge in [0, 0.05) is 10.7 Å². The monoisotopic (exact) mass is 318 g/mol. The van der Waals surface area contributed by atoms with Crippen LogP contribution < -0.4 is 4.74 Å². The van der Waals surface area contributed by atoms with Crippen molar-refractivity contribution in [2.45, 2.75) is 57.3 Å². The zero-order valence-corrected chi connectivity index (χ0v) is 13.8. The Kier molecular flexibility index (Phi) is 7.38. The van der Waals surface area contributed by atoms with Gasteiger partial charge in [0.05, 0.1) is 6.61 Å². The fraction of sp³-hybridized carbons (Fsp3) is 0.600. The first kappa shape index (κ1) is 17.3. The molecule has 1 aromatic carbocycles. The lowest BCUT2D eigenvalue weighted by Crippen LogP contribution is -2.02. The van der Waals surface area contributed by atoms with E-state index in [0.29, 0.717) is 12.4 Å². The van der Waals surface area contributed by atoms with Crippen molar-refractivity contribution in [2.75, 3.05) is 6.61 Å². The van der Waals surface area contributed by atoms with Crippen molar-refractivity contribution in [3.8, 4) is 5.75 Å². The van der Waals surface area contributed by atoms with Crippen LogP contribution in [0.3, 0.4) is 0 Å². The van der Waals surface area contributed by atoms with E-state index in [0.717, 1.165) is 18.4 Å². The molecule has 0 amide bonds. The van der Waals surface area contributed by atoms with Gasteiger partial charge in [-0.3, -0.25) is 0 Å². The second kappa shape index (κ2) is 8.53. The van der Waals surface area contributed by atoms with E-state index in [-0.39, 0.29) is 4.90 Å². The maximum atomic E-state index is 11.5. The van der Waals surface area contributed by atoms with Gasteiger partial charge in [-0.2, -0.15) is 0 Å². The number of ether oxygens (including phenoxy) is 1. The zero-order chi connectivity index (χ0) is 15.0. The van der Waals surface area contributed by atoms with Crippen LogP contribution in [0.4, 0.5) is 0 Å². The normalized spacial score (nSPS) is 11.6. The highest BCUT2D eigenvalue weighted by atomic mass is 35.7. The van der Waals surface area contributed by atoms with Crippen molar-refractivity contribution in [3.05, 3.63) is 23.8 Å². The summed E-state index contributed by atoms with van der Waals surface area (Å²) in [7, 11) is 1.66. The number of hydrogen-bond acceptors (Lipinski definition) is 3. The first-order valence-corrected chi connectivity index (χ1v) is 9.44. The molecule has 0 saturated heterocycles. The molecular formula is C15H23ClO3S. The third-order valence-corrected chi connectivity index (χ3v) is 4.46. The lowest BCUT2D eigenvalue weighted by molar-refractivity contribution is 0.297. The van der Waals surface area contributed by atoms with Gasteiger partial charge in [0.2, 0.25) is 0 Å². The lowest BCUT2D eigenvalue weighted by atomic mass is 10.1. The van der Waals surface area contributed by atoms with Crippen LogP contribution in [0.25, 0.3) is 0 Å². The SMILES string of the molecule is CCCCCCCCOc1ccc(C)cc1S(=O)(=O)Cl. The number of rotatable bonds is 9. The van der Waals surface area contributed by atoms with Crippen LogP contribution in [-0.4, -0.2) is 15.0 Å². The van der Waals surface area contributed by atoms with E-state index >= 15 is 0 Å². The maximum absolute atomic E-state index is 11.5. The smallest absolute Gasteiger partial charge is 0.264 e. The van der Waals surface area contributed by atoms with E-state index in [2.05, 4.69) is 6.92 Å². The molecule has 0 radical (unpaired) electrons. The summed E-state index contributed by atoms with van der Waals surface area (Å²) in [5.41, 5.74) is 0.844. The highest BCUT2D eigenvalue weighted by Gasteiger charge is 2.16. The minimum Gasteiger partial charge on any atom is -0.492 e. The third-order valence-electron chi connectivity index (χ3n) is 3.12. The molecule has 0 saturated carbocycles. The Morgan fingerprint density at radius 3 is 2.40 bits per heavy atom. The van der Waals surface area contributed by atoms with E-state index in [1.54, 1.807) is 12.1 Å². The Bertz CT molecular complexity index is 512. The van der Waals surface area contributed by atoms with Crippen LogP contribution in [0.2, 0.25) is 0 Å². The van der Waals surface area contributed by atoms with Crippen molar-refractivity contribution in [1.29, 1.82) is 0 Å². The predicted octanol–water partition coefficient (Wildman–Crippen LogP) is 4.66. The molecule has 0 heterocycles. The number of halogens is 1. The molecular weight excluding hydrogens is 296 g/mol. The lowest BCUT2D eigenvalue weighted by Gasteiger charge is -2.10. The summed E-state index contributed by atoms with van der Waals surface area (Å²) in [5, 5.41) is 0. The van der Waals surface area contributed by atoms with E-state index in [1.165, 1.54) is 25.7 Å². The molecule has 1 rings (SSSR count). The van der Waals surface area contributed by atoms with Gasteiger partial charge in [0.15, 0.2) is 0 Å². The summed E-state index contributed by atoms with van der Waals surface area (Å²) in [6.07, 6.45) is 6.99. The van der Waals surface area contributed by atoms with Gasteiger partial charge in [-0.15, -0.1) is 0 Å². The van der Waals surface area contributed by atoms with Gasteiger partial charge in [-0.05, 0) is 31.0 Å². The summed E-state index contributed by atoms with van der Waals surface area (Å²) in [5.74, 6) is 0.346. The van der Waals surface area contributed by atoms with Crippen molar-refractivity contribution in [2.24, 2.45) is 0 Å². The average molecular weight is 319 g/mol. The van der Waals surface area contributed by atoms with Crippen molar-refractivity contribution in [3.63, 3.8) is 0 Å². The Morgan fingerprint density at radius 2 is 1.75 bits per heavy atom. The first-order valence-electron chi connectivity index (χ1n) is 7.13. The quantitative estimate of drug-likeness (QED) is 0.491. The molecule has 0 aliphatic rings. The van der Waals surface area contributed by atoms with Crippen LogP contribution in [0.15, 0.2) is 23.1 Å². The molecule has 0 bridgehead atoms. The average Bonchev–Trinajstić information content (AvgIpc) is 2.38. The van der Waals surface area contributed by atoms with Gasteiger partial charge in [0.25, 0.3) is 9.05 Å². The minimum absolute atomic E-state index is 0.0603. The third kappa shape index (κ3) is 6.14. The molecule has 0 N–H and O–H groups in total. The second-order valence-corrected chi connectivity index (χ2v) is 7.54. The Balaban J connectivity index is 2.48. The Labute approximate surface area is 126 Å². The number of hydrogen-bond donors (Lipinski definition) is 0. The van der Waals surface area contributed by atoms with Crippen molar-refractivity contribution in [1.82, 2.24) is 0 Å². The second-order valence-electron chi connectivity index (χ2n) is 5.00. The Morgan fingerprint density at radius 1 is 1.10 bits per heavy atom. The topological polar surface area (TPSA) is 43.4 Å². The fourth-order valence-corrected chi connectivity index (χ4v) is 3.05. The molecule has 0 atom stereocenters. The number of benzene rings is 1. The Hall–Kier alpha value is -0.740. The van der Waals surface area contributed by atoms with Crippen molar-refractivity contribution < 1.29 is 13.2 Å². The molecule has 0 aromatic heterocycles. The molecule has 0 spiro atoms. The van der Waals surface area contributed by atoms with E-state index in [1.807, 2.05) is 13.0 Å². The molecule has 0 aliphatic carbocycles. The standard InChI is InChI=1S/C15H23ClO3S/c1-3-4-5-6-7-8-11-19-14-10-9-13(2)12-15(14)20(16,17)18/h9-10,12H,3-8,11H2,1-2H3. The molecule has 1 aromatic rings. The maximum Gasteiger partial charge on any atom is 0.264 e. The summed E-state index contributed by atoms with van der Waals surface area (Å²) in [6, 6.07) is 5.03. The van der Waals surface area contributed by atoms with Gasteiger partial charge in [0.1, 0.15) is 10.6 Å². The highest BCUT2D eigenvalue weighted by molar-refractivity contribution is 8.13. The minimum atomic E-state index is -3.76. The number of aryl methyl sites for hydroxylation is 1. The first-order chi connectivity index (χ1) is 9.45.